The lowest BCUT2D eigenvalue weighted by Crippen LogP contribution is -2.34. The Hall–Kier alpha value is -3.36. The minimum absolute atomic E-state index is 0.0273. The summed E-state index contributed by atoms with van der Waals surface area (Å²) < 4.78 is 26.4. The first-order chi connectivity index (χ1) is 16.7. The molecule has 3 rings (SSSR count). The van der Waals surface area contributed by atoms with Crippen molar-refractivity contribution in [2.45, 2.75) is 45.8 Å². The van der Waals surface area contributed by atoms with Crippen LogP contribution in [-0.4, -0.2) is 28.7 Å². The highest BCUT2D eigenvalue weighted by molar-refractivity contribution is 6.34. The van der Waals surface area contributed by atoms with Gasteiger partial charge in [0, 0.05) is 5.69 Å². The molecule has 0 fully saturated rings. The maximum absolute atomic E-state index is 14.9. The highest BCUT2D eigenvalue weighted by atomic mass is 35.5. The van der Waals surface area contributed by atoms with E-state index in [4.69, 9.17) is 26.8 Å². The van der Waals surface area contributed by atoms with Crippen LogP contribution in [0.2, 0.25) is 5.02 Å². The van der Waals surface area contributed by atoms with Gasteiger partial charge in [-0.15, -0.1) is 0 Å². The number of carbonyl (C=O) groups is 1. The second kappa shape index (κ2) is 11.9. The van der Waals surface area contributed by atoms with E-state index in [1.165, 1.54) is 0 Å². The van der Waals surface area contributed by atoms with Gasteiger partial charge in [0.25, 0.3) is 0 Å². The predicted octanol–water partition coefficient (Wildman–Crippen LogP) is 6.02. The van der Waals surface area contributed by atoms with E-state index in [9.17, 15) is 14.3 Å². The maximum atomic E-state index is 14.9. The number of nitrogens with zero attached hydrogens (tertiary/aromatic N) is 1. The number of halogens is 2. The van der Waals surface area contributed by atoms with Crippen molar-refractivity contribution in [1.82, 2.24) is 4.98 Å². The SMILES string of the molecule is CCc1c(F)nc(NC(COCc2ccccc2)C(=O)O)c(Cl)c1Oc1ccc(N)c(C(C)C)c1. The number of nitrogens with one attached hydrogen (secondary N) is 1. The summed E-state index contributed by atoms with van der Waals surface area (Å²) in [5.41, 5.74) is 8.62. The smallest absolute Gasteiger partial charge is 0.328 e. The second-order valence-corrected chi connectivity index (χ2v) is 8.69. The van der Waals surface area contributed by atoms with E-state index >= 15 is 0 Å². The van der Waals surface area contributed by atoms with Gasteiger partial charge >= 0.3 is 5.97 Å². The van der Waals surface area contributed by atoms with Gasteiger partial charge in [0.2, 0.25) is 5.95 Å². The van der Waals surface area contributed by atoms with E-state index in [0.717, 1.165) is 11.1 Å². The Morgan fingerprint density at radius 1 is 1.23 bits per heavy atom. The summed E-state index contributed by atoms with van der Waals surface area (Å²) in [7, 11) is 0. The molecule has 0 aliphatic heterocycles. The molecule has 4 N–H and O–H groups in total. The van der Waals surface area contributed by atoms with E-state index in [0.29, 0.717) is 11.4 Å². The molecule has 1 heterocycles. The predicted molar refractivity (Wildman–Crippen MR) is 135 cm³/mol. The van der Waals surface area contributed by atoms with Crippen LogP contribution in [0, 0.1) is 5.95 Å². The van der Waals surface area contributed by atoms with Crippen LogP contribution in [0.1, 0.15) is 43.4 Å². The van der Waals surface area contributed by atoms with Crippen molar-refractivity contribution in [2.75, 3.05) is 17.7 Å². The average molecular weight is 502 g/mol. The molecule has 1 aromatic heterocycles. The molecule has 0 aliphatic rings. The number of pyridine rings is 1. The summed E-state index contributed by atoms with van der Waals surface area (Å²) in [4.78, 5) is 15.7. The van der Waals surface area contributed by atoms with Crippen LogP contribution in [0.4, 0.5) is 15.9 Å². The standard InChI is InChI=1S/C26H29ClFN3O4/c1-4-18-23(35-17-10-11-20(29)19(12-17)15(2)3)22(27)25(31-24(18)28)30-21(26(32)33)14-34-13-16-8-6-5-7-9-16/h5-12,15,21H,4,13-14,29H2,1-3H3,(H,30,31)(H,32,33). The third-order valence-electron chi connectivity index (χ3n) is 5.40. The lowest BCUT2D eigenvalue weighted by atomic mass is 10.0. The van der Waals surface area contributed by atoms with Gasteiger partial charge in [0.15, 0.2) is 11.6 Å². The third kappa shape index (κ3) is 6.61. The molecule has 35 heavy (non-hydrogen) atoms. The lowest BCUT2D eigenvalue weighted by molar-refractivity contribution is -0.139. The lowest BCUT2D eigenvalue weighted by Gasteiger charge is -2.20. The quantitative estimate of drug-likeness (QED) is 0.218. The van der Waals surface area contributed by atoms with Crippen molar-refractivity contribution in [3.8, 4) is 11.5 Å². The number of rotatable bonds is 11. The molecule has 3 aromatic rings. The molecular formula is C26H29ClFN3O4. The molecule has 0 saturated carbocycles. The van der Waals surface area contributed by atoms with E-state index < -0.39 is 18.0 Å². The Labute approximate surface area is 209 Å². The Kier molecular flexibility index (Phi) is 8.89. The molecule has 7 nitrogen and oxygen atoms in total. The molecule has 1 unspecified atom stereocenters. The fraction of sp³-hybridized carbons (Fsp3) is 0.308. The normalized spacial score (nSPS) is 11.9. The van der Waals surface area contributed by atoms with Crippen molar-refractivity contribution in [2.24, 2.45) is 0 Å². The van der Waals surface area contributed by atoms with Gasteiger partial charge in [-0.3, -0.25) is 0 Å². The third-order valence-corrected chi connectivity index (χ3v) is 5.75. The van der Waals surface area contributed by atoms with Crippen molar-refractivity contribution < 1.29 is 23.8 Å². The molecule has 9 heteroatoms. The van der Waals surface area contributed by atoms with Crippen LogP contribution in [0.3, 0.4) is 0 Å². The Bertz CT molecular complexity index is 1180. The molecule has 0 bridgehead atoms. The zero-order valence-corrected chi connectivity index (χ0v) is 20.6. The number of ether oxygens (including phenoxy) is 2. The Morgan fingerprint density at radius 2 is 1.94 bits per heavy atom. The minimum atomic E-state index is -1.22. The van der Waals surface area contributed by atoms with E-state index in [-0.39, 0.29) is 47.7 Å². The fourth-order valence-corrected chi connectivity index (χ4v) is 3.75. The zero-order chi connectivity index (χ0) is 25.5. The second-order valence-electron chi connectivity index (χ2n) is 8.31. The summed E-state index contributed by atoms with van der Waals surface area (Å²) in [6.07, 6.45) is 0.267. The number of benzene rings is 2. The van der Waals surface area contributed by atoms with Gasteiger partial charge in [0.05, 0.1) is 18.8 Å². The summed E-state index contributed by atoms with van der Waals surface area (Å²) in [5, 5.41) is 12.3. The van der Waals surface area contributed by atoms with Crippen molar-refractivity contribution in [3.05, 3.63) is 76.2 Å². The van der Waals surface area contributed by atoms with E-state index in [1.807, 2.05) is 44.2 Å². The summed E-state index contributed by atoms with van der Waals surface area (Å²) in [5.74, 6) is -1.50. The molecule has 186 valence electrons. The molecule has 0 aliphatic carbocycles. The molecule has 1 atom stereocenters. The van der Waals surface area contributed by atoms with Gasteiger partial charge in [-0.2, -0.15) is 4.39 Å². The largest absolute Gasteiger partial charge is 0.480 e. The zero-order valence-electron chi connectivity index (χ0n) is 19.8. The highest BCUT2D eigenvalue weighted by Gasteiger charge is 2.25. The topological polar surface area (TPSA) is 107 Å². The number of nitrogen functional groups attached to an aromatic ring is 1. The van der Waals surface area contributed by atoms with Gasteiger partial charge < -0.3 is 25.6 Å². The van der Waals surface area contributed by atoms with E-state index in [1.54, 1.807) is 25.1 Å². The van der Waals surface area contributed by atoms with Gasteiger partial charge in [-0.05, 0) is 41.7 Å². The summed E-state index contributed by atoms with van der Waals surface area (Å²) in [6.45, 7) is 5.78. The Balaban J connectivity index is 1.85. The molecule has 0 saturated heterocycles. The molecular weight excluding hydrogens is 473 g/mol. The minimum Gasteiger partial charge on any atom is -0.480 e. The summed E-state index contributed by atoms with van der Waals surface area (Å²) in [6, 6.07) is 13.3. The van der Waals surface area contributed by atoms with Crippen LogP contribution in [0.25, 0.3) is 0 Å². The van der Waals surface area contributed by atoms with Crippen LogP contribution in [0.15, 0.2) is 48.5 Å². The van der Waals surface area contributed by atoms with Crippen LogP contribution in [0.5, 0.6) is 11.5 Å². The number of hydrogen-bond acceptors (Lipinski definition) is 6. The number of aromatic nitrogens is 1. The maximum Gasteiger partial charge on any atom is 0.328 e. The number of carboxylic acids is 1. The first-order valence-corrected chi connectivity index (χ1v) is 11.6. The molecule has 2 aromatic carbocycles. The van der Waals surface area contributed by atoms with Crippen molar-refractivity contribution >= 4 is 29.1 Å². The number of carboxylic acid groups (broad SMARTS) is 1. The number of aliphatic carboxylic acids is 1. The number of anilines is 2. The monoisotopic (exact) mass is 501 g/mol. The molecule has 0 amide bonds. The fourth-order valence-electron chi connectivity index (χ4n) is 3.50. The van der Waals surface area contributed by atoms with E-state index in [2.05, 4.69) is 10.3 Å². The summed E-state index contributed by atoms with van der Waals surface area (Å²) >= 11 is 6.55. The van der Waals surface area contributed by atoms with Crippen LogP contribution >= 0.6 is 11.6 Å². The number of hydrogen-bond donors (Lipinski definition) is 3. The average Bonchev–Trinajstić information content (AvgIpc) is 2.83. The van der Waals surface area contributed by atoms with Gasteiger partial charge in [-0.25, -0.2) is 9.78 Å². The first kappa shape index (κ1) is 26.2. The molecule has 0 radical (unpaired) electrons. The Morgan fingerprint density at radius 3 is 2.57 bits per heavy atom. The van der Waals surface area contributed by atoms with Crippen molar-refractivity contribution in [1.29, 1.82) is 0 Å². The number of nitrogens with two attached hydrogens (primary N) is 1. The van der Waals surface area contributed by atoms with Gasteiger partial charge in [0.1, 0.15) is 16.8 Å². The van der Waals surface area contributed by atoms with Crippen molar-refractivity contribution in [3.63, 3.8) is 0 Å². The van der Waals surface area contributed by atoms with Gasteiger partial charge in [-0.1, -0.05) is 62.7 Å². The first-order valence-electron chi connectivity index (χ1n) is 11.3. The van der Waals surface area contributed by atoms with Crippen LogP contribution < -0.4 is 15.8 Å². The van der Waals surface area contributed by atoms with Crippen LogP contribution in [-0.2, 0) is 22.6 Å². The highest BCUT2D eigenvalue weighted by Crippen LogP contribution is 2.40. The molecule has 0 spiro atoms.